The zero-order valence-corrected chi connectivity index (χ0v) is 12.7. The van der Waals surface area contributed by atoms with Crippen LogP contribution in [0.1, 0.15) is 31.2 Å². The molecule has 1 amide bonds. The van der Waals surface area contributed by atoms with Crippen molar-refractivity contribution in [1.82, 2.24) is 10.6 Å². The van der Waals surface area contributed by atoms with Crippen molar-refractivity contribution in [2.45, 2.75) is 37.1 Å². The number of hydrogen-bond donors (Lipinski definition) is 2. The standard InChI is InChI=1S/C17H23FN2O2/c18-14-5-3-13(4-6-14)17(7-10-22-11-8-17)16(21)20-12-15-2-1-9-19-15/h3-6,15,19H,1-2,7-12H2,(H,20,21). The molecule has 2 aliphatic heterocycles. The summed E-state index contributed by atoms with van der Waals surface area (Å²) < 4.78 is 18.6. The highest BCUT2D eigenvalue weighted by Gasteiger charge is 2.41. The first-order valence-electron chi connectivity index (χ1n) is 8.06. The molecule has 5 heteroatoms. The van der Waals surface area contributed by atoms with Crippen LogP contribution in [0, 0.1) is 5.82 Å². The molecule has 1 atom stereocenters. The highest BCUT2D eigenvalue weighted by Crippen LogP contribution is 2.35. The number of amides is 1. The van der Waals surface area contributed by atoms with Gasteiger partial charge in [-0.05, 0) is 49.9 Å². The Hall–Kier alpha value is -1.46. The Balaban J connectivity index is 1.75. The van der Waals surface area contributed by atoms with E-state index in [-0.39, 0.29) is 11.7 Å². The monoisotopic (exact) mass is 306 g/mol. The van der Waals surface area contributed by atoms with Gasteiger partial charge in [-0.2, -0.15) is 0 Å². The van der Waals surface area contributed by atoms with Crippen molar-refractivity contribution in [3.05, 3.63) is 35.6 Å². The molecule has 0 aromatic heterocycles. The average molecular weight is 306 g/mol. The number of benzene rings is 1. The summed E-state index contributed by atoms with van der Waals surface area (Å²) in [7, 11) is 0. The minimum absolute atomic E-state index is 0.0381. The Labute approximate surface area is 130 Å². The van der Waals surface area contributed by atoms with E-state index in [1.54, 1.807) is 12.1 Å². The van der Waals surface area contributed by atoms with Crippen molar-refractivity contribution in [2.75, 3.05) is 26.3 Å². The Morgan fingerprint density at radius 3 is 2.68 bits per heavy atom. The third-order valence-corrected chi connectivity index (χ3v) is 4.85. The van der Waals surface area contributed by atoms with Crippen molar-refractivity contribution >= 4 is 5.91 Å². The first-order valence-corrected chi connectivity index (χ1v) is 8.06. The molecule has 1 aromatic carbocycles. The van der Waals surface area contributed by atoms with Crippen LogP contribution in [0.4, 0.5) is 4.39 Å². The minimum atomic E-state index is -0.593. The Morgan fingerprint density at radius 2 is 2.05 bits per heavy atom. The van der Waals surface area contributed by atoms with Crippen LogP contribution in [-0.2, 0) is 14.9 Å². The molecule has 2 saturated heterocycles. The van der Waals surface area contributed by atoms with E-state index in [2.05, 4.69) is 10.6 Å². The van der Waals surface area contributed by atoms with E-state index >= 15 is 0 Å². The van der Waals surface area contributed by atoms with Gasteiger partial charge in [0.25, 0.3) is 0 Å². The average Bonchev–Trinajstić information content (AvgIpc) is 3.07. The Morgan fingerprint density at radius 1 is 1.32 bits per heavy atom. The molecule has 1 unspecified atom stereocenters. The van der Waals surface area contributed by atoms with Crippen molar-refractivity contribution in [3.8, 4) is 0 Å². The van der Waals surface area contributed by atoms with E-state index in [1.165, 1.54) is 12.1 Å². The van der Waals surface area contributed by atoms with Gasteiger partial charge in [-0.15, -0.1) is 0 Å². The van der Waals surface area contributed by atoms with E-state index in [1.807, 2.05) is 0 Å². The number of rotatable bonds is 4. The molecular formula is C17H23FN2O2. The number of ether oxygens (including phenoxy) is 1. The fourth-order valence-electron chi connectivity index (χ4n) is 3.45. The molecule has 0 radical (unpaired) electrons. The lowest BCUT2D eigenvalue weighted by Gasteiger charge is -2.36. The summed E-state index contributed by atoms with van der Waals surface area (Å²) in [5.74, 6) is -0.238. The van der Waals surface area contributed by atoms with E-state index in [4.69, 9.17) is 4.74 Å². The predicted molar refractivity (Wildman–Crippen MR) is 82.2 cm³/mol. The molecule has 2 heterocycles. The molecule has 0 spiro atoms. The van der Waals surface area contributed by atoms with Gasteiger partial charge in [0.15, 0.2) is 0 Å². The van der Waals surface area contributed by atoms with Gasteiger partial charge in [-0.1, -0.05) is 12.1 Å². The molecular weight excluding hydrogens is 283 g/mol. The molecule has 1 aromatic rings. The summed E-state index contributed by atoms with van der Waals surface area (Å²) in [6.07, 6.45) is 3.55. The topological polar surface area (TPSA) is 50.4 Å². The lowest BCUT2D eigenvalue weighted by Crippen LogP contribution is -2.50. The van der Waals surface area contributed by atoms with Crippen LogP contribution in [0.5, 0.6) is 0 Å². The number of hydrogen-bond acceptors (Lipinski definition) is 3. The SMILES string of the molecule is O=C(NCC1CCCN1)C1(c2ccc(F)cc2)CCOCC1. The third-order valence-electron chi connectivity index (χ3n) is 4.85. The number of nitrogens with one attached hydrogen (secondary N) is 2. The van der Waals surface area contributed by atoms with Crippen molar-refractivity contribution in [3.63, 3.8) is 0 Å². The smallest absolute Gasteiger partial charge is 0.230 e. The van der Waals surface area contributed by atoms with Gasteiger partial charge in [0.2, 0.25) is 5.91 Å². The fraction of sp³-hybridized carbons (Fsp3) is 0.588. The van der Waals surface area contributed by atoms with Gasteiger partial charge in [-0.25, -0.2) is 4.39 Å². The molecule has 2 fully saturated rings. The number of halogens is 1. The highest BCUT2D eigenvalue weighted by atomic mass is 19.1. The number of carbonyl (C=O) groups excluding carboxylic acids is 1. The summed E-state index contributed by atoms with van der Waals surface area (Å²) in [6, 6.07) is 6.69. The van der Waals surface area contributed by atoms with Crippen LogP contribution in [0.25, 0.3) is 0 Å². The Kier molecular flexibility index (Phi) is 4.74. The van der Waals surface area contributed by atoms with Crippen LogP contribution in [-0.4, -0.2) is 38.3 Å². The van der Waals surface area contributed by atoms with E-state index in [0.29, 0.717) is 38.6 Å². The maximum Gasteiger partial charge on any atom is 0.230 e. The van der Waals surface area contributed by atoms with Crippen LogP contribution in [0.15, 0.2) is 24.3 Å². The molecule has 0 bridgehead atoms. The molecule has 2 N–H and O–H groups in total. The van der Waals surface area contributed by atoms with Crippen LogP contribution in [0.2, 0.25) is 0 Å². The van der Waals surface area contributed by atoms with Crippen molar-refractivity contribution in [1.29, 1.82) is 0 Å². The molecule has 0 aliphatic carbocycles. The fourth-order valence-corrected chi connectivity index (χ4v) is 3.45. The van der Waals surface area contributed by atoms with E-state index < -0.39 is 5.41 Å². The maximum atomic E-state index is 13.2. The number of carbonyl (C=O) groups is 1. The highest BCUT2D eigenvalue weighted by molar-refractivity contribution is 5.88. The summed E-state index contributed by atoms with van der Waals surface area (Å²) in [5, 5.41) is 6.48. The normalized spacial score (nSPS) is 24.1. The maximum absolute atomic E-state index is 13.2. The first-order chi connectivity index (χ1) is 10.7. The van der Waals surface area contributed by atoms with Crippen molar-refractivity contribution < 1.29 is 13.9 Å². The lowest BCUT2D eigenvalue weighted by atomic mass is 9.73. The first kappa shape index (κ1) is 15.4. The molecule has 0 saturated carbocycles. The van der Waals surface area contributed by atoms with Crippen LogP contribution >= 0.6 is 0 Å². The molecule has 4 nitrogen and oxygen atoms in total. The largest absolute Gasteiger partial charge is 0.381 e. The van der Waals surface area contributed by atoms with Gasteiger partial charge in [0.05, 0.1) is 5.41 Å². The predicted octanol–water partition coefficient (Wildman–Crippen LogP) is 1.74. The van der Waals surface area contributed by atoms with E-state index in [0.717, 1.165) is 24.9 Å². The van der Waals surface area contributed by atoms with Gasteiger partial charge < -0.3 is 15.4 Å². The summed E-state index contributed by atoms with van der Waals surface area (Å²) in [5.41, 5.74) is 0.291. The van der Waals surface area contributed by atoms with Gasteiger partial charge in [0.1, 0.15) is 5.82 Å². The van der Waals surface area contributed by atoms with Crippen LogP contribution < -0.4 is 10.6 Å². The molecule has 120 valence electrons. The summed E-state index contributed by atoms with van der Waals surface area (Å²) >= 11 is 0. The zero-order chi connectivity index (χ0) is 15.4. The van der Waals surface area contributed by atoms with Crippen molar-refractivity contribution in [2.24, 2.45) is 0 Å². The quantitative estimate of drug-likeness (QED) is 0.891. The second-order valence-electron chi connectivity index (χ2n) is 6.20. The molecule has 3 rings (SSSR count). The summed E-state index contributed by atoms with van der Waals surface area (Å²) in [4.78, 5) is 12.9. The lowest BCUT2D eigenvalue weighted by molar-refractivity contribution is -0.130. The van der Waals surface area contributed by atoms with Gasteiger partial charge in [0, 0.05) is 25.8 Å². The minimum Gasteiger partial charge on any atom is -0.381 e. The Bertz CT molecular complexity index is 506. The second-order valence-corrected chi connectivity index (χ2v) is 6.20. The summed E-state index contributed by atoms with van der Waals surface area (Å²) in [6.45, 7) is 2.80. The third kappa shape index (κ3) is 3.15. The van der Waals surface area contributed by atoms with Gasteiger partial charge >= 0.3 is 0 Å². The van der Waals surface area contributed by atoms with E-state index in [9.17, 15) is 9.18 Å². The second kappa shape index (κ2) is 6.75. The zero-order valence-electron chi connectivity index (χ0n) is 12.7. The van der Waals surface area contributed by atoms with Gasteiger partial charge in [-0.3, -0.25) is 4.79 Å². The molecule has 22 heavy (non-hydrogen) atoms. The van der Waals surface area contributed by atoms with Crippen LogP contribution in [0.3, 0.4) is 0 Å². The molecule has 2 aliphatic rings.